The Labute approximate surface area is 50.6 Å². The zero-order valence-electron chi connectivity index (χ0n) is 5.60. The van der Waals surface area contributed by atoms with Crippen LogP contribution in [0.2, 0.25) is 5.82 Å². The Kier molecular flexibility index (Phi) is 3.32. The Hall–Kier alpha value is -0.465. The van der Waals surface area contributed by atoms with Crippen LogP contribution in [-0.4, -0.2) is 20.4 Å². The van der Waals surface area contributed by atoms with Gasteiger partial charge >= 0.3 is 0 Å². The minimum atomic E-state index is -0.118. The van der Waals surface area contributed by atoms with Crippen LogP contribution in [0.5, 0.6) is 0 Å². The molecular weight excluding hydrogens is 103 g/mol. The van der Waals surface area contributed by atoms with Crippen LogP contribution in [0.4, 0.5) is 0 Å². The van der Waals surface area contributed by atoms with Crippen molar-refractivity contribution in [2.24, 2.45) is 0 Å². The van der Waals surface area contributed by atoms with Gasteiger partial charge in [-0.2, -0.15) is 0 Å². The van der Waals surface area contributed by atoms with E-state index in [1.54, 1.807) is 6.92 Å². The molecule has 0 aromatic heterocycles. The summed E-state index contributed by atoms with van der Waals surface area (Å²) in [6.07, 6.45) is 0. The molecule has 0 saturated heterocycles. The molecule has 0 unspecified atom stereocenters. The lowest BCUT2D eigenvalue weighted by Crippen LogP contribution is -2.08. The molecule has 0 rings (SSSR count). The predicted octanol–water partition coefficient (Wildman–Crippen LogP) is -0.00900. The molecule has 3 heteroatoms. The molecule has 0 amide bonds. The van der Waals surface area contributed by atoms with Gasteiger partial charge in [-0.1, -0.05) is 6.92 Å². The van der Waals surface area contributed by atoms with Crippen molar-refractivity contribution in [3.63, 3.8) is 0 Å². The number of esters is 1. The Morgan fingerprint density at radius 2 is 2.38 bits per heavy atom. The van der Waals surface area contributed by atoms with Crippen molar-refractivity contribution in [3.05, 3.63) is 0 Å². The third-order valence-electron chi connectivity index (χ3n) is 0.758. The largest absolute Gasteiger partial charge is 0.466 e. The first kappa shape index (κ1) is 7.53. The lowest BCUT2D eigenvalue weighted by atomic mass is 9.90. The third-order valence-corrected chi connectivity index (χ3v) is 0.758. The highest BCUT2D eigenvalue weighted by atomic mass is 16.5. The van der Waals surface area contributed by atoms with Gasteiger partial charge in [0, 0.05) is 5.82 Å². The molecule has 0 heterocycles. The summed E-state index contributed by atoms with van der Waals surface area (Å²) in [5.41, 5.74) is 0. The fourth-order valence-corrected chi connectivity index (χ4v) is 0.309. The first-order valence-electron chi connectivity index (χ1n) is 2.85. The Bertz CT molecular complexity index is 80.5. The number of ether oxygens (including phenoxy) is 1. The van der Waals surface area contributed by atoms with E-state index in [2.05, 4.69) is 4.74 Å². The van der Waals surface area contributed by atoms with Gasteiger partial charge in [0.05, 0.1) is 6.61 Å². The quantitative estimate of drug-likeness (QED) is 0.372. The number of rotatable bonds is 2. The van der Waals surface area contributed by atoms with E-state index in [4.69, 9.17) is 0 Å². The SMILES string of the molecule is B[C@@H](C)C(=O)OCC. The molecule has 0 N–H and O–H groups in total. The topological polar surface area (TPSA) is 26.3 Å². The molecule has 0 aliphatic carbocycles. The van der Waals surface area contributed by atoms with Crippen molar-refractivity contribution in [3.8, 4) is 0 Å². The maximum absolute atomic E-state index is 10.5. The van der Waals surface area contributed by atoms with Crippen molar-refractivity contribution in [2.75, 3.05) is 6.61 Å². The zero-order valence-corrected chi connectivity index (χ0v) is 5.60. The monoisotopic (exact) mass is 114 g/mol. The van der Waals surface area contributed by atoms with Gasteiger partial charge in [-0.3, -0.25) is 4.79 Å². The highest BCUT2D eigenvalue weighted by Crippen LogP contribution is 1.97. The summed E-state index contributed by atoms with van der Waals surface area (Å²) in [6, 6.07) is 0. The molecular formula is C5H11BO2. The number of hydrogen-bond donors (Lipinski definition) is 0. The smallest absolute Gasteiger partial charge is 0.300 e. The molecule has 0 saturated carbocycles. The molecule has 0 aromatic rings. The molecule has 0 aliphatic heterocycles. The van der Waals surface area contributed by atoms with Crippen LogP contribution in [0.3, 0.4) is 0 Å². The number of carbonyl (C=O) groups is 1. The second-order valence-corrected chi connectivity index (χ2v) is 1.91. The van der Waals surface area contributed by atoms with Gasteiger partial charge < -0.3 is 4.74 Å². The molecule has 0 bridgehead atoms. The van der Waals surface area contributed by atoms with E-state index in [9.17, 15) is 4.79 Å². The molecule has 0 fully saturated rings. The average Bonchev–Trinajstić information content (AvgIpc) is 1.67. The molecule has 0 aliphatic rings. The molecule has 0 spiro atoms. The van der Waals surface area contributed by atoms with Gasteiger partial charge in [0.2, 0.25) is 0 Å². The fourth-order valence-electron chi connectivity index (χ4n) is 0.309. The molecule has 1 atom stereocenters. The Morgan fingerprint density at radius 1 is 1.88 bits per heavy atom. The average molecular weight is 114 g/mol. The summed E-state index contributed by atoms with van der Waals surface area (Å²) in [6.45, 7) is 4.11. The summed E-state index contributed by atoms with van der Waals surface area (Å²) < 4.78 is 4.66. The highest BCUT2D eigenvalue weighted by Gasteiger charge is 2.05. The van der Waals surface area contributed by atoms with Crippen LogP contribution in [0.25, 0.3) is 0 Å². The molecule has 0 aromatic carbocycles. The van der Waals surface area contributed by atoms with Crippen LogP contribution in [0, 0.1) is 0 Å². The first-order chi connectivity index (χ1) is 3.68. The van der Waals surface area contributed by atoms with Crippen LogP contribution >= 0.6 is 0 Å². The lowest BCUT2D eigenvalue weighted by molar-refractivity contribution is -0.142. The molecule has 0 radical (unpaired) electrons. The Balaban J connectivity index is 3.33. The normalized spacial score (nSPS) is 12.8. The van der Waals surface area contributed by atoms with Crippen LogP contribution in [0.1, 0.15) is 13.8 Å². The Morgan fingerprint density at radius 3 is 2.50 bits per heavy atom. The summed E-state index contributed by atoms with van der Waals surface area (Å²) in [5.74, 6) is -0.109. The van der Waals surface area contributed by atoms with Crippen molar-refractivity contribution >= 4 is 13.8 Å². The van der Waals surface area contributed by atoms with E-state index in [0.29, 0.717) is 6.61 Å². The minimum Gasteiger partial charge on any atom is -0.466 e. The van der Waals surface area contributed by atoms with Gasteiger partial charge in [-0.15, -0.1) is 0 Å². The zero-order chi connectivity index (χ0) is 6.57. The molecule has 2 nitrogen and oxygen atoms in total. The lowest BCUT2D eigenvalue weighted by Gasteiger charge is -2.01. The summed E-state index contributed by atoms with van der Waals surface area (Å²) in [5, 5.41) is 0. The van der Waals surface area contributed by atoms with Gasteiger partial charge in [0.25, 0.3) is 5.97 Å². The van der Waals surface area contributed by atoms with Crippen molar-refractivity contribution in [2.45, 2.75) is 19.7 Å². The van der Waals surface area contributed by atoms with Crippen molar-refractivity contribution in [1.82, 2.24) is 0 Å². The summed E-state index contributed by atoms with van der Waals surface area (Å²) >= 11 is 0. The number of hydrogen-bond acceptors (Lipinski definition) is 2. The van der Waals surface area contributed by atoms with Crippen molar-refractivity contribution < 1.29 is 9.53 Å². The number of carbonyl (C=O) groups excluding carboxylic acids is 1. The molecule has 8 heavy (non-hydrogen) atoms. The first-order valence-corrected chi connectivity index (χ1v) is 2.85. The second-order valence-electron chi connectivity index (χ2n) is 1.91. The van der Waals surface area contributed by atoms with Crippen molar-refractivity contribution in [1.29, 1.82) is 0 Å². The van der Waals surface area contributed by atoms with E-state index in [-0.39, 0.29) is 11.8 Å². The van der Waals surface area contributed by atoms with E-state index in [0.717, 1.165) is 0 Å². The molecule has 46 valence electrons. The standard InChI is InChI=1S/C5H11BO2/c1-3-8-5(7)4(2)6/h4H,3,6H2,1-2H3/t4-/m0/s1. The second kappa shape index (κ2) is 3.53. The van der Waals surface area contributed by atoms with Gasteiger partial charge in [0.1, 0.15) is 7.85 Å². The maximum Gasteiger partial charge on any atom is 0.300 e. The predicted molar refractivity (Wildman–Crippen MR) is 34.6 cm³/mol. The van der Waals surface area contributed by atoms with Gasteiger partial charge in [-0.05, 0) is 6.92 Å². The third kappa shape index (κ3) is 2.67. The van der Waals surface area contributed by atoms with Crippen LogP contribution in [-0.2, 0) is 9.53 Å². The summed E-state index contributed by atoms with van der Waals surface area (Å²) in [4.78, 5) is 10.5. The van der Waals surface area contributed by atoms with E-state index < -0.39 is 0 Å². The minimum absolute atomic E-state index is 0.00921. The highest BCUT2D eigenvalue weighted by molar-refractivity contribution is 6.22. The van der Waals surface area contributed by atoms with E-state index in [1.165, 1.54) is 0 Å². The van der Waals surface area contributed by atoms with Gasteiger partial charge in [-0.25, -0.2) is 0 Å². The van der Waals surface area contributed by atoms with Crippen LogP contribution < -0.4 is 0 Å². The maximum atomic E-state index is 10.5. The van der Waals surface area contributed by atoms with E-state index >= 15 is 0 Å². The fraction of sp³-hybridized carbons (Fsp3) is 0.800. The van der Waals surface area contributed by atoms with Crippen LogP contribution in [0.15, 0.2) is 0 Å². The van der Waals surface area contributed by atoms with Gasteiger partial charge in [0.15, 0.2) is 0 Å². The van der Waals surface area contributed by atoms with E-state index in [1.807, 2.05) is 14.8 Å². The summed E-state index contributed by atoms with van der Waals surface area (Å²) in [7, 11) is 1.82.